The monoisotopic (exact) mass is 372 g/mol. The van der Waals surface area contributed by atoms with Gasteiger partial charge in [0.2, 0.25) is 10.0 Å². The Morgan fingerprint density at radius 3 is 2.46 bits per heavy atom. The molecule has 2 aromatic carbocycles. The smallest absolute Gasteiger partial charge is 0.305 e. The van der Waals surface area contributed by atoms with E-state index in [1.807, 2.05) is 35.0 Å². The Balaban J connectivity index is 1.74. The standard InChI is InChI=1S/C19H20N2O4S/c22-19(23)11-13-21-14-15(17-8-4-5-9-18(17)21)10-12-20-26(24,25)16-6-2-1-3-7-16/h1-9,14,20H,10-13H2,(H,22,23). The summed E-state index contributed by atoms with van der Waals surface area (Å²) in [6.07, 6.45) is 2.47. The lowest BCUT2D eigenvalue weighted by Gasteiger charge is -2.06. The van der Waals surface area contributed by atoms with Crippen molar-refractivity contribution in [2.75, 3.05) is 6.54 Å². The van der Waals surface area contributed by atoms with Gasteiger partial charge in [-0.3, -0.25) is 4.79 Å². The average Bonchev–Trinajstić information content (AvgIpc) is 2.99. The van der Waals surface area contributed by atoms with Gasteiger partial charge in [0, 0.05) is 30.2 Å². The second-order valence-corrected chi connectivity index (χ2v) is 7.74. The number of benzene rings is 2. The van der Waals surface area contributed by atoms with Crippen molar-refractivity contribution in [1.82, 2.24) is 9.29 Å². The number of nitrogens with one attached hydrogen (secondary N) is 1. The lowest BCUT2D eigenvalue weighted by Crippen LogP contribution is -2.25. The number of aryl methyl sites for hydroxylation is 1. The van der Waals surface area contributed by atoms with Gasteiger partial charge >= 0.3 is 5.97 Å². The third-order valence-corrected chi connectivity index (χ3v) is 5.65. The van der Waals surface area contributed by atoms with Crippen molar-refractivity contribution in [1.29, 1.82) is 0 Å². The molecule has 0 amide bonds. The number of aliphatic carboxylic acids is 1. The van der Waals surface area contributed by atoms with E-state index >= 15 is 0 Å². The molecule has 0 aliphatic rings. The Bertz CT molecular complexity index is 1010. The number of hydrogen-bond acceptors (Lipinski definition) is 3. The molecule has 0 fully saturated rings. The number of rotatable bonds is 8. The molecule has 0 radical (unpaired) electrons. The van der Waals surface area contributed by atoms with Crippen molar-refractivity contribution in [2.45, 2.75) is 24.3 Å². The number of sulfonamides is 1. The molecule has 3 rings (SSSR count). The fourth-order valence-corrected chi connectivity index (χ4v) is 3.98. The fraction of sp³-hybridized carbons (Fsp3) is 0.211. The van der Waals surface area contributed by atoms with Crippen LogP contribution in [0, 0.1) is 0 Å². The first-order chi connectivity index (χ1) is 12.5. The molecule has 0 unspecified atom stereocenters. The summed E-state index contributed by atoms with van der Waals surface area (Å²) in [5.74, 6) is -0.847. The molecule has 26 heavy (non-hydrogen) atoms. The molecular weight excluding hydrogens is 352 g/mol. The number of hydrogen-bond donors (Lipinski definition) is 2. The minimum atomic E-state index is -3.53. The Morgan fingerprint density at radius 1 is 1.04 bits per heavy atom. The van der Waals surface area contributed by atoms with Crippen LogP contribution >= 0.6 is 0 Å². The fourth-order valence-electron chi connectivity index (χ4n) is 2.93. The molecular formula is C19H20N2O4S. The summed E-state index contributed by atoms with van der Waals surface area (Å²) in [5, 5.41) is 9.91. The van der Waals surface area contributed by atoms with E-state index in [0.717, 1.165) is 16.5 Å². The number of nitrogens with zero attached hydrogens (tertiary/aromatic N) is 1. The first kappa shape index (κ1) is 18.2. The molecule has 0 aliphatic carbocycles. The van der Waals surface area contributed by atoms with Crippen LogP contribution in [-0.4, -0.2) is 30.6 Å². The largest absolute Gasteiger partial charge is 0.481 e. The van der Waals surface area contributed by atoms with E-state index in [2.05, 4.69) is 4.72 Å². The summed E-state index contributed by atoms with van der Waals surface area (Å²) in [7, 11) is -3.53. The van der Waals surface area contributed by atoms with Gasteiger partial charge in [-0.15, -0.1) is 0 Å². The van der Waals surface area contributed by atoms with Gasteiger partial charge in [-0.1, -0.05) is 36.4 Å². The van der Waals surface area contributed by atoms with Crippen molar-refractivity contribution in [3.05, 3.63) is 66.4 Å². The first-order valence-corrected chi connectivity index (χ1v) is 9.79. The molecule has 0 atom stereocenters. The van der Waals surface area contributed by atoms with E-state index in [1.165, 1.54) is 0 Å². The summed E-state index contributed by atoms with van der Waals surface area (Å²) in [6.45, 7) is 0.649. The van der Waals surface area contributed by atoms with Crippen LogP contribution in [0.25, 0.3) is 10.9 Å². The Labute approximate surface area is 152 Å². The zero-order valence-corrected chi connectivity index (χ0v) is 14.9. The molecule has 136 valence electrons. The van der Waals surface area contributed by atoms with Gasteiger partial charge in [0.15, 0.2) is 0 Å². The number of aromatic nitrogens is 1. The van der Waals surface area contributed by atoms with Crippen LogP contribution in [0.5, 0.6) is 0 Å². The molecule has 1 aromatic heterocycles. The number of carbonyl (C=O) groups is 1. The van der Waals surface area contributed by atoms with E-state index in [4.69, 9.17) is 5.11 Å². The highest BCUT2D eigenvalue weighted by atomic mass is 32.2. The van der Waals surface area contributed by atoms with Crippen molar-refractivity contribution in [3.63, 3.8) is 0 Å². The van der Waals surface area contributed by atoms with Crippen LogP contribution in [0.1, 0.15) is 12.0 Å². The second kappa shape index (κ2) is 7.72. The van der Waals surface area contributed by atoms with Gasteiger partial charge in [0.05, 0.1) is 11.3 Å². The van der Waals surface area contributed by atoms with E-state index in [-0.39, 0.29) is 17.9 Å². The minimum absolute atomic E-state index is 0.0404. The SMILES string of the molecule is O=C(O)CCn1cc(CCNS(=O)(=O)c2ccccc2)c2ccccc21. The summed E-state index contributed by atoms with van der Waals surface area (Å²) in [5.41, 5.74) is 1.94. The molecule has 0 aliphatic heterocycles. The topological polar surface area (TPSA) is 88.4 Å². The second-order valence-electron chi connectivity index (χ2n) is 5.97. The molecule has 7 heteroatoms. The number of fused-ring (bicyclic) bond motifs is 1. The molecule has 6 nitrogen and oxygen atoms in total. The highest BCUT2D eigenvalue weighted by Gasteiger charge is 2.14. The molecule has 0 bridgehead atoms. The van der Waals surface area contributed by atoms with Gasteiger partial charge in [-0.2, -0.15) is 0 Å². The lowest BCUT2D eigenvalue weighted by molar-refractivity contribution is -0.137. The van der Waals surface area contributed by atoms with Crippen LogP contribution in [0.2, 0.25) is 0 Å². The summed E-state index contributed by atoms with van der Waals surface area (Å²) in [4.78, 5) is 11.1. The maximum absolute atomic E-state index is 12.3. The number of carboxylic acid groups (broad SMARTS) is 1. The van der Waals surface area contributed by atoms with Crippen LogP contribution < -0.4 is 4.72 Å². The summed E-state index contributed by atoms with van der Waals surface area (Å²) >= 11 is 0. The Hall–Kier alpha value is -2.64. The molecule has 0 saturated carbocycles. The highest BCUT2D eigenvalue weighted by Crippen LogP contribution is 2.22. The third-order valence-electron chi connectivity index (χ3n) is 4.18. The molecule has 1 heterocycles. The van der Waals surface area contributed by atoms with Crippen molar-refractivity contribution >= 4 is 26.9 Å². The van der Waals surface area contributed by atoms with Crippen molar-refractivity contribution in [2.24, 2.45) is 0 Å². The van der Waals surface area contributed by atoms with E-state index < -0.39 is 16.0 Å². The molecule has 0 spiro atoms. The van der Waals surface area contributed by atoms with Crippen LogP contribution in [0.3, 0.4) is 0 Å². The third kappa shape index (κ3) is 4.12. The highest BCUT2D eigenvalue weighted by molar-refractivity contribution is 7.89. The molecule has 0 saturated heterocycles. The van der Waals surface area contributed by atoms with E-state index in [0.29, 0.717) is 13.0 Å². The summed E-state index contributed by atoms with van der Waals surface area (Å²) < 4.78 is 29.1. The van der Waals surface area contributed by atoms with E-state index in [1.54, 1.807) is 30.3 Å². The van der Waals surface area contributed by atoms with Gasteiger partial charge in [-0.25, -0.2) is 13.1 Å². The van der Waals surface area contributed by atoms with Crippen LogP contribution in [0.4, 0.5) is 0 Å². The minimum Gasteiger partial charge on any atom is -0.481 e. The van der Waals surface area contributed by atoms with Gasteiger partial charge in [-0.05, 0) is 30.2 Å². The van der Waals surface area contributed by atoms with Gasteiger partial charge in [0.1, 0.15) is 0 Å². The van der Waals surface area contributed by atoms with Gasteiger partial charge < -0.3 is 9.67 Å². The van der Waals surface area contributed by atoms with Crippen LogP contribution in [0.15, 0.2) is 65.7 Å². The first-order valence-electron chi connectivity index (χ1n) is 8.30. The Morgan fingerprint density at radius 2 is 1.73 bits per heavy atom. The Kier molecular flexibility index (Phi) is 5.39. The zero-order valence-electron chi connectivity index (χ0n) is 14.1. The number of carboxylic acids is 1. The lowest BCUT2D eigenvalue weighted by atomic mass is 10.1. The summed E-state index contributed by atoms with van der Waals surface area (Å²) in [6, 6.07) is 16.0. The zero-order chi connectivity index (χ0) is 18.6. The molecule has 2 N–H and O–H groups in total. The average molecular weight is 372 g/mol. The molecule has 3 aromatic rings. The van der Waals surface area contributed by atoms with Crippen LogP contribution in [-0.2, 0) is 27.8 Å². The van der Waals surface area contributed by atoms with Gasteiger partial charge in [0.25, 0.3) is 0 Å². The van der Waals surface area contributed by atoms with Crippen molar-refractivity contribution < 1.29 is 18.3 Å². The predicted molar refractivity (Wildman–Crippen MR) is 99.5 cm³/mol. The number of para-hydroxylation sites is 1. The quantitative estimate of drug-likeness (QED) is 0.636. The maximum Gasteiger partial charge on any atom is 0.305 e. The van der Waals surface area contributed by atoms with E-state index in [9.17, 15) is 13.2 Å². The normalized spacial score (nSPS) is 11.7. The van der Waals surface area contributed by atoms with Crippen molar-refractivity contribution in [3.8, 4) is 0 Å². The maximum atomic E-state index is 12.3. The predicted octanol–water partition coefficient (Wildman–Crippen LogP) is 2.64.